The number of aliphatic imine (C=N–C) groups is 1. The van der Waals surface area contributed by atoms with Crippen molar-refractivity contribution in [1.29, 1.82) is 0 Å². The van der Waals surface area contributed by atoms with Gasteiger partial charge in [-0.2, -0.15) is 13.2 Å². The molecule has 9 heteroatoms. The van der Waals surface area contributed by atoms with Gasteiger partial charge >= 0.3 is 6.18 Å². The third-order valence-corrected chi connectivity index (χ3v) is 4.15. The molecule has 2 N–H and O–H groups in total. The zero-order valence-electron chi connectivity index (χ0n) is 12.2. The second-order valence-corrected chi connectivity index (χ2v) is 5.97. The van der Waals surface area contributed by atoms with Crippen molar-refractivity contribution in [2.24, 2.45) is 10.9 Å². The predicted molar refractivity (Wildman–Crippen MR) is 92.9 cm³/mol. The van der Waals surface area contributed by atoms with E-state index in [0.717, 1.165) is 35.6 Å². The van der Waals surface area contributed by atoms with Crippen LogP contribution in [0.5, 0.6) is 0 Å². The van der Waals surface area contributed by atoms with Crippen molar-refractivity contribution in [3.8, 4) is 0 Å². The largest absolute Gasteiger partial charge is 0.434 e. The predicted octanol–water partition coefficient (Wildman–Crippen LogP) is 3.29. The molecule has 0 aromatic carbocycles. The van der Waals surface area contributed by atoms with Crippen LogP contribution in [0.2, 0.25) is 0 Å². The van der Waals surface area contributed by atoms with E-state index >= 15 is 0 Å². The zero-order valence-corrected chi connectivity index (χ0v) is 15.4. The molecule has 0 saturated heterocycles. The Bertz CT molecular complexity index is 486. The number of hydrogen-bond acceptors (Lipinski definition) is 3. The first-order valence-electron chi connectivity index (χ1n) is 6.95. The van der Waals surface area contributed by atoms with E-state index in [9.17, 15) is 13.2 Å². The third kappa shape index (κ3) is 6.67. The van der Waals surface area contributed by atoms with Gasteiger partial charge in [0.2, 0.25) is 0 Å². The number of halogens is 4. The molecule has 0 bridgehead atoms. The van der Waals surface area contributed by atoms with Crippen LogP contribution in [0.3, 0.4) is 0 Å². The van der Waals surface area contributed by atoms with Crippen molar-refractivity contribution < 1.29 is 13.2 Å². The molecule has 1 aliphatic rings. The lowest BCUT2D eigenvalue weighted by Crippen LogP contribution is -2.38. The highest BCUT2D eigenvalue weighted by Gasteiger charge is 2.33. The molecule has 0 atom stereocenters. The molecule has 126 valence electrons. The topological polar surface area (TPSA) is 49.3 Å². The molecule has 2 rings (SSSR count). The summed E-state index contributed by atoms with van der Waals surface area (Å²) in [4.78, 5) is 7.67. The molecule has 1 heterocycles. The van der Waals surface area contributed by atoms with Gasteiger partial charge in [0.15, 0.2) is 11.7 Å². The molecule has 1 aromatic rings. The summed E-state index contributed by atoms with van der Waals surface area (Å²) in [5, 5.41) is 7.81. The minimum atomic E-state index is -4.36. The highest BCUT2D eigenvalue weighted by molar-refractivity contribution is 14.0. The van der Waals surface area contributed by atoms with Crippen molar-refractivity contribution in [2.45, 2.75) is 31.9 Å². The lowest BCUT2D eigenvalue weighted by molar-refractivity contribution is -0.140. The van der Waals surface area contributed by atoms with E-state index in [-0.39, 0.29) is 24.0 Å². The summed E-state index contributed by atoms with van der Waals surface area (Å²) in [6, 6.07) is 0. The fourth-order valence-electron chi connectivity index (χ4n) is 1.87. The summed E-state index contributed by atoms with van der Waals surface area (Å²) in [5.41, 5.74) is -0.811. The summed E-state index contributed by atoms with van der Waals surface area (Å²) < 4.78 is 37.2. The summed E-state index contributed by atoms with van der Waals surface area (Å²) in [6.45, 7) is 1.38. The van der Waals surface area contributed by atoms with Crippen molar-refractivity contribution in [3.63, 3.8) is 0 Å². The number of alkyl halides is 3. The molecule has 1 aliphatic carbocycles. The fourth-order valence-corrected chi connectivity index (χ4v) is 2.67. The molecule has 1 aromatic heterocycles. The van der Waals surface area contributed by atoms with Gasteiger partial charge in [-0.25, -0.2) is 4.98 Å². The molecule has 0 spiro atoms. The molecule has 0 unspecified atom stereocenters. The average molecular weight is 448 g/mol. The maximum Gasteiger partial charge on any atom is 0.434 e. The lowest BCUT2D eigenvalue weighted by atomic mass is 10.3. The Morgan fingerprint density at radius 2 is 2.05 bits per heavy atom. The van der Waals surface area contributed by atoms with E-state index in [1.807, 2.05) is 0 Å². The van der Waals surface area contributed by atoms with E-state index in [2.05, 4.69) is 20.6 Å². The second-order valence-electron chi connectivity index (χ2n) is 5.03. The van der Waals surface area contributed by atoms with Crippen LogP contribution in [0.1, 0.15) is 30.0 Å². The molecule has 22 heavy (non-hydrogen) atoms. The normalized spacial score (nSPS) is 15.4. The smallest absolute Gasteiger partial charge is 0.356 e. The maximum atomic E-state index is 12.4. The van der Waals surface area contributed by atoms with E-state index in [0.29, 0.717) is 23.9 Å². The Hall–Kier alpha value is -0.580. The number of hydrogen-bond donors (Lipinski definition) is 2. The van der Waals surface area contributed by atoms with Gasteiger partial charge in [-0.15, -0.1) is 35.3 Å². The molecule has 0 radical (unpaired) electrons. The number of nitrogens with one attached hydrogen (secondary N) is 2. The summed E-state index contributed by atoms with van der Waals surface area (Å²) in [6.07, 6.45) is -0.132. The van der Waals surface area contributed by atoms with Crippen LogP contribution in [0, 0.1) is 5.92 Å². The Morgan fingerprint density at radius 3 is 2.59 bits per heavy atom. The highest BCUT2D eigenvalue weighted by atomic mass is 127. The highest BCUT2D eigenvalue weighted by Crippen LogP contribution is 2.31. The molecular weight excluding hydrogens is 428 g/mol. The number of aromatic nitrogens is 1. The van der Waals surface area contributed by atoms with Crippen LogP contribution in [0.25, 0.3) is 0 Å². The summed E-state index contributed by atoms with van der Waals surface area (Å²) >= 11 is 1.03. The van der Waals surface area contributed by atoms with Crippen LogP contribution in [-0.2, 0) is 12.6 Å². The van der Waals surface area contributed by atoms with Gasteiger partial charge < -0.3 is 10.6 Å². The van der Waals surface area contributed by atoms with Crippen molar-refractivity contribution in [3.05, 3.63) is 16.1 Å². The van der Waals surface area contributed by atoms with Gasteiger partial charge in [0.1, 0.15) is 0 Å². The number of thiazole rings is 1. The third-order valence-electron chi connectivity index (χ3n) is 3.24. The Kier molecular flexibility index (Phi) is 7.87. The van der Waals surface area contributed by atoms with Crippen LogP contribution in [-0.4, -0.2) is 31.1 Å². The van der Waals surface area contributed by atoms with Crippen LogP contribution in [0.15, 0.2) is 10.4 Å². The van der Waals surface area contributed by atoms with E-state index < -0.39 is 11.9 Å². The monoisotopic (exact) mass is 448 g/mol. The molecule has 4 nitrogen and oxygen atoms in total. The van der Waals surface area contributed by atoms with Gasteiger partial charge in [-0.3, -0.25) is 4.99 Å². The molecular formula is C13H20F3IN4S. The molecule has 0 aliphatic heterocycles. The number of nitrogens with zero attached hydrogens (tertiary/aromatic N) is 2. The molecule has 0 amide bonds. The van der Waals surface area contributed by atoms with Crippen LogP contribution < -0.4 is 10.6 Å². The molecule has 1 fully saturated rings. The van der Waals surface area contributed by atoms with E-state index in [4.69, 9.17) is 0 Å². The minimum absolute atomic E-state index is 0. The van der Waals surface area contributed by atoms with E-state index in [1.54, 1.807) is 7.05 Å². The first-order valence-corrected chi connectivity index (χ1v) is 7.83. The minimum Gasteiger partial charge on any atom is -0.356 e. The first kappa shape index (κ1) is 19.5. The SMILES string of the molecule is CN=C(NCCc1nc(C(F)(F)F)cs1)NCCC1CC1.I. The summed E-state index contributed by atoms with van der Waals surface area (Å²) in [7, 11) is 1.68. The Labute approximate surface area is 149 Å². The Morgan fingerprint density at radius 1 is 1.36 bits per heavy atom. The summed E-state index contributed by atoms with van der Waals surface area (Å²) in [5.74, 6) is 1.54. The van der Waals surface area contributed by atoms with Crippen molar-refractivity contribution in [2.75, 3.05) is 20.1 Å². The van der Waals surface area contributed by atoms with Crippen LogP contribution >= 0.6 is 35.3 Å². The number of rotatable bonds is 6. The van der Waals surface area contributed by atoms with Crippen molar-refractivity contribution >= 4 is 41.3 Å². The standard InChI is InChI=1S/C13H19F3N4S.HI/c1-17-12(18-6-4-9-2-3-9)19-7-5-11-20-10(8-21-11)13(14,15)16;/h8-9H,2-7H2,1H3,(H2,17,18,19);1H. The second kappa shape index (κ2) is 8.90. The quantitative estimate of drug-likeness (QED) is 0.399. The van der Waals surface area contributed by atoms with Crippen molar-refractivity contribution in [1.82, 2.24) is 15.6 Å². The average Bonchev–Trinajstić information content (AvgIpc) is 3.11. The maximum absolute atomic E-state index is 12.4. The number of guanidine groups is 1. The van der Waals surface area contributed by atoms with Gasteiger partial charge in [0.25, 0.3) is 0 Å². The lowest BCUT2D eigenvalue weighted by Gasteiger charge is -2.10. The van der Waals surface area contributed by atoms with Gasteiger partial charge in [0, 0.05) is 31.9 Å². The van der Waals surface area contributed by atoms with Crippen LogP contribution in [0.4, 0.5) is 13.2 Å². The van der Waals surface area contributed by atoms with E-state index in [1.165, 1.54) is 12.8 Å². The van der Waals surface area contributed by atoms with Gasteiger partial charge in [-0.05, 0) is 12.3 Å². The molecule has 1 saturated carbocycles. The zero-order chi connectivity index (χ0) is 15.3. The van der Waals surface area contributed by atoms with Gasteiger partial charge in [0.05, 0.1) is 5.01 Å². The van der Waals surface area contributed by atoms with Gasteiger partial charge in [-0.1, -0.05) is 12.8 Å². The Balaban J connectivity index is 0.00000242. The first-order chi connectivity index (χ1) is 9.99. The fraction of sp³-hybridized carbons (Fsp3) is 0.692.